The summed E-state index contributed by atoms with van der Waals surface area (Å²) >= 11 is 0. The van der Waals surface area contributed by atoms with Gasteiger partial charge in [-0.2, -0.15) is 0 Å². The quantitative estimate of drug-likeness (QED) is 0.595. The van der Waals surface area contributed by atoms with E-state index in [9.17, 15) is 4.79 Å². The molecule has 0 amide bonds. The molecule has 1 saturated heterocycles. The van der Waals surface area contributed by atoms with E-state index in [1.54, 1.807) is 0 Å². The average Bonchev–Trinajstić information content (AvgIpc) is 2.23. The molecule has 3 heteroatoms. The van der Waals surface area contributed by atoms with Crippen LogP contribution in [-0.2, 0) is 9.53 Å². The van der Waals surface area contributed by atoms with E-state index in [1.807, 2.05) is 0 Å². The molecule has 0 saturated carbocycles. The van der Waals surface area contributed by atoms with E-state index < -0.39 is 0 Å². The average molecular weight is 227 g/mol. The van der Waals surface area contributed by atoms with Crippen molar-refractivity contribution in [1.29, 1.82) is 0 Å². The Kier molecular flexibility index (Phi) is 3.68. The molecule has 1 atom stereocenters. The van der Waals surface area contributed by atoms with Crippen molar-refractivity contribution < 1.29 is 9.53 Å². The Hall–Kier alpha value is -0.570. The van der Waals surface area contributed by atoms with E-state index in [4.69, 9.17) is 4.74 Å². The number of rotatable bonds is 0. The number of carbonyl (C=O) groups is 1. The van der Waals surface area contributed by atoms with Gasteiger partial charge in [-0.25, -0.2) is 0 Å². The van der Waals surface area contributed by atoms with Crippen LogP contribution in [0.2, 0.25) is 0 Å². The molecule has 1 aliphatic heterocycles. The highest BCUT2D eigenvalue weighted by molar-refractivity contribution is 5.77. The van der Waals surface area contributed by atoms with Crippen LogP contribution in [0.3, 0.4) is 0 Å². The number of carbonyl (C=O) groups excluding carboxylic acids is 1. The molecule has 94 valence electrons. The molecule has 0 radical (unpaired) electrons. The van der Waals surface area contributed by atoms with Crippen molar-refractivity contribution in [1.82, 2.24) is 4.90 Å². The van der Waals surface area contributed by atoms with Crippen molar-refractivity contribution in [3.63, 3.8) is 0 Å². The van der Waals surface area contributed by atoms with Crippen LogP contribution in [0, 0.1) is 5.41 Å². The largest absolute Gasteiger partial charge is 0.464 e. The number of ether oxygens (including phenoxy) is 1. The van der Waals surface area contributed by atoms with Gasteiger partial charge in [0.25, 0.3) is 0 Å². The first kappa shape index (κ1) is 13.5. The van der Waals surface area contributed by atoms with Crippen LogP contribution < -0.4 is 0 Å². The molecule has 0 aliphatic carbocycles. The maximum atomic E-state index is 12.1. The maximum Gasteiger partial charge on any atom is 0.323 e. The summed E-state index contributed by atoms with van der Waals surface area (Å²) in [6.07, 6.45) is 0.926. The first-order valence-electron chi connectivity index (χ1n) is 6.07. The molecule has 0 spiro atoms. The summed E-state index contributed by atoms with van der Waals surface area (Å²) in [6.45, 7) is 14.3. The fourth-order valence-corrected chi connectivity index (χ4v) is 2.29. The van der Waals surface area contributed by atoms with Crippen molar-refractivity contribution in [2.24, 2.45) is 5.41 Å². The van der Waals surface area contributed by atoms with E-state index in [0.717, 1.165) is 13.0 Å². The first-order chi connectivity index (χ1) is 7.14. The van der Waals surface area contributed by atoms with Gasteiger partial charge >= 0.3 is 5.97 Å². The molecule has 0 aromatic heterocycles. The van der Waals surface area contributed by atoms with Gasteiger partial charge in [-0.15, -0.1) is 0 Å². The smallest absolute Gasteiger partial charge is 0.323 e. The van der Waals surface area contributed by atoms with Gasteiger partial charge in [-0.05, 0) is 32.6 Å². The zero-order valence-corrected chi connectivity index (χ0v) is 11.5. The summed E-state index contributed by atoms with van der Waals surface area (Å²) in [5, 5.41) is 0. The minimum atomic E-state index is -0.144. The molecule has 0 aromatic carbocycles. The van der Waals surface area contributed by atoms with E-state index in [-0.39, 0.29) is 23.0 Å². The summed E-state index contributed by atoms with van der Waals surface area (Å²) in [7, 11) is 0. The van der Waals surface area contributed by atoms with Crippen molar-refractivity contribution in [3.8, 4) is 0 Å². The van der Waals surface area contributed by atoms with Gasteiger partial charge in [0.1, 0.15) is 6.04 Å². The fourth-order valence-electron chi connectivity index (χ4n) is 2.29. The molecule has 0 N–H and O–H groups in total. The monoisotopic (exact) mass is 227 g/mol. The number of nitrogens with zero attached hydrogens (tertiary/aromatic N) is 1. The van der Waals surface area contributed by atoms with Crippen LogP contribution in [0.25, 0.3) is 0 Å². The summed E-state index contributed by atoms with van der Waals surface area (Å²) in [6, 6.07) is -0.144. The Morgan fingerprint density at radius 1 is 1.19 bits per heavy atom. The lowest BCUT2D eigenvalue weighted by atomic mass is 9.83. The third-order valence-electron chi connectivity index (χ3n) is 3.00. The van der Waals surface area contributed by atoms with Crippen LogP contribution in [0.15, 0.2) is 0 Å². The zero-order valence-electron chi connectivity index (χ0n) is 11.5. The lowest BCUT2D eigenvalue weighted by molar-refractivity contribution is -0.153. The van der Waals surface area contributed by atoms with Gasteiger partial charge in [0.15, 0.2) is 0 Å². The maximum absolute atomic E-state index is 12.1. The zero-order chi connectivity index (χ0) is 12.6. The second kappa shape index (κ2) is 4.36. The number of cyclic esters (lactones) is 1. The topological polar surface area (TPSA) is 29.5 Å². The van der Waals surface area contributed by atoms with Gasteiger partial charge in [0.05, 0.1) is 6.61 Å². The highest BCUT2D eigenvalue weighted by Gasteiger charge is 2.43. The molecule has 0 unspecified atom stereocenters. The van der Waals surface area contributed by atoms with E-state index >= 15 is 0 Å². The van der Waals surface area contributed by atoms with Crippen molar-refractivity contribution in [2.45, 2.75) is 59.5 Å². The molecule has 0 aromatic rings. The van der Waals surface area contributed by atoms with Gasteiger partial charge in [0, 0.05) is 12.1 Å². The van der Waals surface area contributed by atoms with Gasteiger partial charge in [-0.3, -0.25) is 9.69 Å². The molecule has 1 fully saturated rings. The Bertz CT molecular complexity index is 260. The van der Waals surface area contributed by atoms with Gasteiger partial charge in [0.2, 0.25) is 0 Å². The summed E-state index contributed by atoms with van der Waals surface area (Å²) in [4.78, 5) is 14.3. The minimum Gasteiger partial charge on any atom is -0.464 e. The van der Waals surface area contributed by atoms with Crippen LogP contribution in [0.4, 0.5) is 0 Å². The van der Waals surface area contributed by atoms with Crippen molar-refractivity contribution >= 4 is 5.97 Å². The normalized spacial score (nSPS) is 25.1. The minimum absolute atomic E-state index is 0.00130. The third-order valence-corrected chi connectivity index (χ3v) is 3.00. The Labute approximate surface area is 99.1 Å². The Balaban J connectivity index is 3.05. The van der Waals surface area contributed by atoms with E-state index in [0.29, 0.717) is 6.61 Å². The van der Waals surface area contributed by atoms with Crippen LogP contribution in [0.1, 0.15) is 48.0 Å². The molecule has 1 aliphatic rings. The van der Waals surface area contributed by atoms with E-state index in [2.05, 4.69) is 46.4 Å². The van der Waals surface area contributed by atoms with E-state index in [1.165, 1.54) is 0 Å². The van der Waals surface area contributed by atoms with Crippen molar-refractivity contribution in [3.05, 3.63) is 0 Å². The lowest BCUT2D eigenvalue weighted by Crippen LogP contribution is -2.56. The molecule has 1 rings (SSSR count). The SMILES string of the molecule is CC(C)(C)[C@H]1C(=O)OCCCN1C(C)(C)C. The van der Waals surface area contributed by atoms with Crippen LogP contribution in [0.5, 0.6) is 0 Å². The Morgan fingerprint density at radius 2 is 1.75 bits per heavy atom. The molecule has 3 nitrogen and oxygen atoms in total. The lowest BCUT2D eigenvalue weighted by Gasteiger charge is -2.44. The Morgan fingerprint density at radius 3 is 2.19 bits per heavy atom. The first-order valence-corrected chi connectivity index (χ1v) is 6.07. The van der Waals surface area contributed by atoms with Gasteiger partial charge in [-0.1, -0.05) is 20.8 Å². The second-order valence-electron chi connectivity index (χ2n) is 6.65. The number of hydrogen-bond donors (Lipinski definition) is 0. The predicted octanol–water partition coefficient (Wildman–Crippen LogP) is 2.45. The summed E-state index contributed by atoms with van der Waals surface area (Å²) in [5.74, 6) is -0.0695. The third kappa shape index (κ3) is 2.97. The molecular weight excluding hydrogens is 202 g/mol. The highest BCUT2D eigenvalue weighted by Crippen LogP contribution is 2.32. The second-order valence-corrected chi connectivity index (χ2v) is 6.65. The number of hydrogen-bond acceptors (Lipinski definition) is 3. The molecule has 1 heterocycles. The molecule has 16 heavy (non-hydrogen) atoms. The predicted molar refractivity (Wildman–Crippen MR) is 65.3 cm³/mol. The summed E-state index contributed by atoms with van der Waals surface area (Å²) < 4.78 is 5.29. The molecular formula is C13H25NO2. The van der Waals surface area contributed by atoms with Crippen molar-refractivity contribution in [2.75, 3.05) is 13.2 Å². The number of esters is 1. The van der Waals surface area contributed by atoms with Crippen LogP contribution in [-0.4, -0.2) is 35.6 Å². The summed E-state index contributed by atoms with van der Waals surface area (Å²) in [5.41, 5.74) is -0.0873. The standard InChI is InChI=1S/C13H25NO2/c1-12(2,3)10-11(15)16-9-7-8-14(10)13(4,5)6/h10H,7-9H2,1-6H3/t10-/m1/s1. The van der Waals surface area contributed by atoms with Crippen LogP contribution >= 0.6 is 0 Å². The van der Waals surface area contributed by atoms with Gasteiger partial charge < -0.3 is 4.74 Å². The highest BCUT2D eigenvalue weighted by atomic mass is 16.5. The molecule has 0 bridgehead atoms. The fraction of sp³-hybridized carbons (Fsp3) is 0.923.